The number of hydrogen-bond acceptors (Lipinski definition) is 2. The van der Waals surface area contributed by atoms with Gasteiger partial charge in [-0.2, -0.15) is 0 Å². The molecule has 2 N–H and O–H groups in total. The number of aryl methyl sites for hydroxylation is 1. The third kappa shape index (κ3) is 3.10. The van der Waals surface area contributed by atoms with E-state index in [1.807, 2.05) is 11.3 Å². The maximum absolute atomic E-state index is 5.77. The molecule has 0 aromatic carbocycles. The molecular weight excluding hydrogens is 190 g/mol. The highest BCUT2D eigenvalue weighted by Crippen LogP contribution is 2.23. The number of hydrogen-bond donors (Lipinski definition) is 1. The van der Waals surface area contributed by atoms with Crippen LogP contribution in [0.4, 0.5) is 0 Å². The first-order valence-electron chi connectivity index (χ1n) is 5.45. The SMILES string of the molecule is CCc1ccc(CC(CN)C(C)C)s1. The Morgan fingerprint density at radius 2 is 1.93 bits per heavy atom. The van der Waals surface area contributed by atoms with E-state index >= 15 is 0 Å². The molecule has 0 aliphatic carbocycles. The van der Waals surface area contributed by atoms with Crippen LogP contribution in [0.3, 0.4) is 0 Å². The van der Waals surface area contributed by atoms with Crippen LogP contribution in [0.1, 0.15) is 30.5 Å². The number of rotatable bonds is 5. The van der Waals surface area contributed by atoms with E-state index in [9.17, 15) is 0 Å². The molecule has 80 valence electrons. The molecular formula is C12H21NS. The molecule has 14 heavy (non-hydrogen) atoms. The van der Waals surface area contributed by atoms with Crippen molar-refractivity contribution in [2.24, 2.45) is 17.6 Å². The Balaban J connectivity index is 2.57. The van der Waals surface area contributed by atoms with Crippen molar-refractivity contribution in [3.63, 3.8) is 0 Å². The highest BCUT2D eigenvalue weighted by atomic mass is 32.1. The van der Waals surface area contributed by atoms with Gasteiger partial charge in [-0.25, -0.2) is 0 Å². The van der Waals surface area contributed by atoms with Gasteiger partial charge in [0, 0.05) is 9.75 Å². The van der Waals surface area contributed by atoms with Crippen LogP contribution in [0.2, 0.25) is 0 Å². The molecule has 0 aliphatic rings. The second kappa shape index (κ2) is 5.52. The van der Waals surface area contributed by atoms with Gasteiger partial charge >= 0.3 is 0 Å². The average Bonchev–Trinajstić information content (AvgIpc) is 2.61. The zero-order chi connectivity index (χ0) is 10.6. The summed E-state index contributed by atoms with van der Waals surface area (Å²) in [5.74, 6) is 1.32. The molecule has 0 spiro atoms. The molecule has 1 heterocycles. The highest BCUT2D eigenvalue weighted by molar-refractivity contribution is 7.11. The van der Waals surface area contributed by atoms with Crippen molar-refractivity contribution >= 4 is 11.3 Å². The third-order valence-electron chi connectivity index (χ3n) is 2.77. The number of nitrogens with two attached hydrogens (primary N) is 1. The molecule has 1 aromatic rings. The molecule has 0 radical (unpaired) electrons. The Bertz CT molecular complexity index is 265. The van der Waals surface area contributed by atoms with Crippen molar-refractivity contribution in [1.29, 1.82) is 0 Å². The summed E-state index contributed by atoms with van der Waals surface area (Å²) in [7, 11) is 0. The minimum atomic E-state index is 0.637. The summed E-state index contributed by atoms with van der Waals surface area (Å²) in [6.45, 7) is 7.52. The predicted octanol–water partition coefficient (Wildman–Crippen LogP) is 3.08. The largest absolute Gasteiger partial charge is 0.330 e. The standard InChI is InChI=1S/C12H21NS/c1-4-11-5-6-12(14-11)7-10(8-13)9(2)3/h5-6,9-10H,4,7-8,13H2,1-3H3. The molecule has 0 saturated carbocycles. The van der Waals surface area contributed by atoms with E-state index in [4.69, 9.17) is 5.73 Å². The maximum Gasteiger partial charge on any atom is 0.00515 e. The van der Waals surface area contributed by atoms with Crippen LogP contribution in [0.5, 0.6) is 0 Å². The first kappa shape index (κ1) is 11.7. The normalized spacial score (nSPS) is 13.5. The van der Waals surface area contributed by atoms with Crippen LogP contribution in [0, 0.1) is 11.8 Å². The first-order valence-corrected chi connectivity index (χ1v) is 6.26. The lowest BCUT2D eigenvalue weighted by Crippen LogP contribution is -2.21. The molecule has 1 atom stereocenters. The lowest BCUT2D eigenvalue weighted by molar-refractivity contribution is 0.394. The van der Waals surface area contributed by atoms with Gasteiger partial charge in [0.25, 0.3) is 0 Å². The minimum absolute atomic E-state index is 0.637. The van der Waals surface area contributed by atoms with Gasteiger partial charge in [-0.1, -0.05) is 20.8 Å². The zero-order valence-corrected chi connectivity index (χ0v) is 10.2. The summed E-state index contributed by atoms with van der Waals surface area (Å²) >= 11 is 1.94. The van der Waals surface area contributed by atoms with Crippen LogP contribution in [0.15, 0.2) is 12.1 Å². The first-order chi connectivity index (χ1) is 6.67. The Labute approximate surface area is 91.3 Å². The van der Waals surface area contributed by atoms with Gasteiger partial charge < -0.3 is 5.73 Å². The van der Waals surface area contributed by atoms with Crippen molar-refractivity contribution in [2.45, 2.75) is 33.6 Å². The topological polar surface area (TPSA) is 26.0 Å². The van der Waals surface area contributed by atoms with Gasteiger partial charge in [-0.15, -0.1) is 11.3 Å². The summed E-state index contributed by atoms with van der Waals surface area (Å²) in [5, 5.41) is 0. The molecule has 0 fully saturated rings. The van der Waals surface area contributed by atoms with Gasteiger partial charge in [0.15, 0.2) is 0 Å². The molecule has 1 unspecified atom stereocenters. The van der Waals surface area contributed by atoms with Crippen molar-refractivity contribution in [2.75, 3.05) is 6.54 Å². The maximum atomic E-state index is 5.77. The summed E-state index contributed by atoms with van der Waals surface area (Å²) in [5.41, 5.74) is 5.77. The van der Waals surface area contributed by atoms with Gasteiger partial charge in [0.2, 0.25) is 0 Å². The Morgan fingerprint density at radius 1 is 1.29 bits per heavy atom. The van der Waals surface area contributed by atoms with Crippen LogP contribution >= 0.6 is 11.3 Å². The van der Waals surface area contributed by atoms with Gasteiger partial charge in [-0.05, 0) is 43.4 Å². The van der Waals surface area contributed by atoms with Crippen LogP contribution in [-0.4, -0.2) is 6.54 Å². The highest BCUT2D eigenvalue weighted by Gasteiger charge is 2.13. The Kier molecular flexibility index (Phi) is 4.63. The van der Waals surface area contributed by atoms with E-state index in [-0.39, 0.29) is 0 Å². The molecule has 1 nitrogen and oxygen atoms in total. The van der Waals surface area contributed by atoms with Crippen LogP contribution in [-0.2, 0) is 12.8 Å². The second-order valence-electron chi connectivity index (χ2n) is 4.17. The van der Waals surface area contributed by atoms with Gasteiger partial charge in [-0.3, -0.25) is 0 Å². The summed E-state index contributed by atoms with van der Waals surface area (Å²) < 4.78 is 0. The molecule has 1 aromatic heterocycles. The van der Waals surface area contributed by atoms with E-state index in [0.29, 0.717) is 11.8 Å². The molecule has 2 heteroatoms. The smallest absolute Gasteiger partial charge is 0.00515 e. The Hall–Kier alpha value is -0.340. The summed E-state index contributed by atoms with van der Waals surface area (Å²) in [6, 6.07) is 4.50. The van der Waals surface area contributed by atoms with Crippen molar-refractivity contribution in [3.05, 3.63) is 21.9 Å². The monoisotopic (exact) mass is 211 g/mol. The molecule has 0 amide bonds. The third-order valence-corrected chi connectivity index (χ3v) is 4.03. The fourth-order valence-electron chi connectivity index (χ4n) is 1.57. The van der Waals surface area contributed by atoms with Gasteiger partial charge in [0.1, 0.15) is 0 Å². The van der Waals surface area contributed by atoms with E-state index in [0.717, 1.165) is 19.4 Å². The van der Waals surface area contributed by atoms with Crippen molar-refractivity contribution in [1.82, 2.24) is 0 Å². The lowest BCUT2D eigenvalue weighted by Gasteiger charge is -2.17. The summed E-state index contributed by atoms with van der Waals surface area (Å²) in [4.78, 5) is 2.98. The van der Waals surface area contributed by atoms with E-state index in [2.05, 4.69) is 32.9 Å². The van der Waals surface area contributed by atoms with E-state index in [1.54, 1.807) is 0 Å². The second-order valence-corrected chi connectivity index (χ2v) is 5.42. The predicted molar refractivity (Wildman–Crippen MR) is 64.8 cm³/mol. The zero-order valence-electron chi connectivity index (χ0n) is 9.42. The molecule has 0 saturated heterocycles. The quantitative estimate of drug-likeness (QED) is 0.796. The average molecular weight is 211 g/mol. The van der Waals surface area contributed by atoms with E-state index in [1.165, 1.54) is 9.75 Å². The minimum Gasteiger partial charge on any atom is -0.330 e. The van der Waals surface area contributed by atoms with E-state index < -0.39 is 0 Å². The lowest BCUT2D eigenvalue weighted by atomic mass is 9.92. The number of thiophene rings is 1. The van der Waals surface area contributed by atoms with Gasteiger partial charge in [0.05, 0.1) is 0 Å². The van der Waals surface area contributed by atoms with Crippen LogP contribution < -0.4 is 5.73 Å². The van der Waals surface area contributed by atoms with Crippen LogP contribution in [0.25, 0.3) is 0 Å². The fourth-order valence-corrected chi connectivity index (χ4v) is 2.62. The Morgan fingerprint density at radius 3 is 2.36 bits per heavy atom. The molecule has 0 aliphatic heterocycles. The van der Waals surface area contributed by atoms with Crippen molar-refractivity contribution in [3.8, 4) is 0 Å². The molecule has 1 rings (SSSR count). The molecule has 0 bridgehead atoms. The fraction of sp³-hybridized carbons (Fsp3) is 0.667. The summed E-state index contributed by atoms with van der Waals surface area (Å²) in [6.07, 6.45) is 2.30. The van der Waals surface area contributed by atoms with Crippen molar-refractivity contribution < 1.29 is 0 Å².